The van der Waals surface area contributed by atoms with Gasteiger partial charge in [-0.3, -0.25) is 4.79 Å². The molecule has 8 heteroatoms. The second kappa shape index (κ2) is 8.40. The predicted molar refractivity (Wildman–Crippen MR) is 112 cm³/mol. The average Bonchev–Trinajstić information content (AvgIpc) is 3.21. The first-order valence-corrected chi connectivity index (χ1v) is 11.8. The van der Waals surface area contributed by atoms with Gasteiger partial charge in [0.15, 0.2) is 15.9 Å². The van der Waals surface area contributed by atoms with Crippen LogP contribution >= 0.6 is 11.6 Å². The third-order valence-corrected chi connectivity index (χ3v) is 7.47. The van der Waals surface area contributed by atoms with E-state index in [1.807, 2.05) is 26.8 Å². The first-order chi connectivity index (χ1) is 13.6. The Balaban J connectivity index is 1.81. The van der Waals surface area contributed by atoms with Crippen LogP contribution in [0.3, 0.4) is 0 Å². The molecule has 158 valence electrons. The Kier molecular flexibility index (Phi) is 6.29. The molecule has 1 amide bonds. The van der Waals surface area contributed by atoms with Crippen LogP contribution in [0.1, 0.15) is 36.0 Å². The van der Waals surface area contributed by atoms with Gasteiger partial charge in [0.25, 0.3) is 5.91 Å². The molecule has 1 fully saturated rings. The maximum atomic E-state index is 13.2. The van der Waals surface area contributed by atoms with E-state index >= 15 is 0 Å². The van der Waals surface area contributed by atoms with Gasteiger partial charge in [0, 0.05) is 11.1 Å². The quantitative estimate of drug-likeness (QED) is 0.683. The second-order valence-corrected chi connectivity index (χ2v) is 10.3. The lowest BCUT2D eigenvalue weighted by atomic mass is 10.1. The van der Waals surface area contributed by atoms with Gasteiger partial charge in [0.05, 0.1) is 18.1 Å². The summed E-state index contributed by atoms with van der Waals surface area (Å²) in [5.41, 5.74) is 1.73. The summed E-state index contributed by atoms with van der Waals surface area (Å²) in [5, 5.41) is 0.669. The minimum atomic E-state index is -3.14. The molecule has 0 bridgehead atoms. The molecule has 0 spiro atoms. The lowest BCUT2D eigenvalue weighted by Gasteiger charge is -2.30. The van der Waals surface area contributed by atoms with Crippen molar-refractivity contribution in [1.29, 1.82) is 0 Å². The van der Waals surface area contributed by atoms with Gasteiger partial charge in [-0.15, -0.1) is 0 Å². The number of hydrogen-bond acceptors (Lipinski definition) is 5. The van der Waals surface area contributed by atoms with Crippen molar-refractivity contribution >= 4 is 27.3 Å². The number of halogens is 1. The van der Waals surface area contributed by atoms with E-state index in [0.717, 1.165) is 16.9 Å². The van der Waals surface area contributed by atoms with E-state index in [9.17, 15) is 13.2 Å². The maximum absolute atomic E-state index is 13.2. The van der Waals surface area contributed by atoms with Crippen molar-refractivity contribution < 1.29 is 22.4 Å². The second-order valence-electron chi connectivity index (χ2n) is 7.67. The molecule has 6 nitrogen and oxygen atoms in total. The normalized spacial score (nSPS) is 19.1. The SMILES string of the molecule is Cc1ccc(CN(C(=O)[C@H](C)Oc2cc(C)c(Cl)c(C)c2)[C@H]2CCS(=O)(=O)C2)o1. The Morgan fingerprint density at radius 2 is 1.93 bits per heavy atom. The molecule has 1 aromatic heterocycles. The minimum absolute atomic E-state index is 0.0374. The summed E-state index contributed by atoms with van der Waals surface area (Å²) in [7, 11) is -3.14. The fourth-order valence-corrected chi connectivity index (χ4v) is 5.45. The fourth-order valence-electron chi connectivity index (χ4n) is 3.61. The van der Waals surface area contributed by atoms with Gasteiger partial charge >= 0.3 is 0 Å². The van der Waals surface area contributed by atoms with Gasteiger partial charge in [0.2, 0.25) is 0 Å². The van der Waals surface area contributed by atoms with Crippen LogP contribution in [-0.2, 0) is 21.2 Å². The van der Waals surface area contributed by atoms with E-state index in [0.29, 0.717) is 23.0 Å². The van der Waals surface area contributed by atoms with E-state index in [4.69, 9.17) is 20.8 Å². The van der Waals surface area contributed by atoms with Crippen LogP contribution in [0.5, 0.6) is 5.75 Å². The van der Waals surface area contributed by atoms with Crippen LogP contribution < -0.4 is 4.74 Å². The fraction of sp³-hybridized carbons (Fsp3) is 0.476. The van der Waals surface area contributed by atoms with E-state index in [1.165, 1.54) is 0 Å². The minimum Gasteiger partial charge on any atom is -0.481 e. The first-order valence-electron chi connectivity index (χ1n) is 9.55. The topological polar surface area (TPSA) is 76.8 Å². The predicted octanol–water partition coefficient (Wildman–Crippen LogP) is 3.84. The highest BCUT2D eigenvalue weighted by molar-refractivity contribution is 7.91. The molecular formula is C21H26ClNO5S. The highest BCUT2D eigenvalue weighted by atomic mass is 35.5. The van der Waals surface area contributed by atoms with Crippen molar-refractivity contribution in [3.8, 4) is 5.75 Å². The van der Waals surface area contributed by atoms with Gasteiger partial charge in [-0.1, -0.05) is 11.6 Å². The molecule has 1 saturated heterocycles. The number of furan rings is 1. The summed E-state index contributed by atoms with van der Waals surface area (Å²) in [6, 6.07) is 6.82. The summed E-state index contributed by atoms with van der Waals surface area (Å²) in [5.74, 6) is 1.69. The third-order valence-electron chi connectivity index (χ3n) is 5.13. The molecule has 1 aliphatic heterocycles. The van der Waals surface area contributed by atoms with Crippen LogP contribution in [0.2, 0.25) is 5.02 Å². The van der Waals surface area contributed by atoms with Crippen molar-refractivity contribution in [1.82, 2.24) is 4.90 Å². The van der Waals surface area contributed by atoms with Crippen molar-refractivity contribution in [3.63, 3.8) is 0 Å². The molecule has 2 aromatic rings. The van der Waals surface area contributed by atoms with Gasteiger partial charge < -0.3 is 14.1 Å². The van der Waals surface area contributed by atoms with E-state index in [-0.39, 0.29) is 24.0 Å². The number of nitrogens with zero attached hydrogens (tertiary/aromatic N) is 1. The zero-order valence-electron chi connectivity index (χ0n) is 17.1. The van der Waals surface area contributed by atoms with Gasteiger partial charge in [-0.25, -0.2) is 8.42 Å². The van der Waals surface area contributed by atoms with Crippen LogP contribution in [0.15, 0.2) is 28.7 Å². The molecule has 3 rings (SSSR count). The van der Waals surface area contributed by atoms with Crippen LogP contribution in [0.25, 0.3) is 0 Å². The third kappa shape index (κ3) is 5.14. The smallest absolute Gasteiger partial charge is 0.264 e. The average molecular weight is 440 g/mol. The molecule has 0 saturated carbocycles. The molecular weight excluding hydrogens is 414 g/mol. The Morgan fingerprint density at radius 3 is 2.45 bits per heavy atom. The van der Waals surface area contributed by atoms with Crippen LogP contribution in [0, 0.1) is 20.8 Å². The van der Waals surface area contributed by atoms with Crippen LogP contribution in [0.4, 0.5) is 0 Å². The zero-order chi connectivity index (χ0) is 21.3. The largest absolute Gasteiger partial charge is 0.481 e. The number of aryl methyl sites for hydroxylation is 3. The summed E-state index contributed by atoms with van der Waals surface area (Å²) in [6.45, 7) is 7.46. The summed E-state index contributed by atoms with van der Waals surface area (Å²) < 4.78 is 35.5. The molecule has 0 radical (unpaired) electrons. The molecule has 29 heavy (non-hydrogen) atoms. The Hall–Kier alpha value is -1.99. The number of carbonyl (C=O) groups is 1. The summed E-state index contributed by atoms with van der Waals surface area (Å²) in [6.07, 6.45) is -0.367. The van der Waals surface area contributed by atoms with E-state index < -0.39 is 22.0 Å². The lowest BCUT2D eigenvalue weighted by Crippen LogP contribution is -2.46. The molecule has 2 atom stereocenters. The van der Waals surface area contributed by atoms with Crippen molar-refractivity contribution in [2.45, 2.75) is 52.8 Å². The Morgan fingerprint density at radius 1 is 1.28 bits per heavy atom. The number of hydrogen-bond donors (Lipinski definition) is 0. The Labute approximate surface area is 176 Å². The number of carbonyl (C=O) groups excluding carboxylic acids is 1. The summed E-state index contributed by atoms with van der Waals surface area (Å²) >= 11 is 6.21. The highest BCUT2D eigenvalue weighted by Gasteiger charge is 2.37. The number of rotatable bonds is 6. The van der Waals surface area contributed by atoms with Gasteiger partial charge in [-0.05, 0) is 69.5 Å². The zero-order valence-corrected chi connectivity index (χ0v) is 18.6. The van der Waals surface area contributed by atoms with Crippen molar-refractivity contribution in [2.75, 3.05) is 11.5 Å². The molecule has 0 unspecified atom stereocenters. The van der Waals surface area contributed by atoms with Gasteiger partial charge in [-0.2, -0.15) is 0 Å². The number of benzene rings is 1. The standard InChI is InChI=1S/C21H26ClNO5S/c1-13-9-19(10-14(2)20(13)22)28-16(4)21(24)23(11-18-6-5-15(3)27-18)17-7-8-29(25,26)12-17/h5-6,9-10,16-17H,7-8,11-12H2,1-4H3/t16-,17-/m0/s1. The lowest BCUT2D eigenvalue weighted by molar-refractivity contribution is -0.141. The monoisotopic (exact) mass is 439 g/mol. The van der Waals surface area contributed by atoms with Crippen molar-refractivity contribution in [3.05, 3.63) is 51.9 Å². The van der Waals surface area contributed by atoms with E-state index in [1.54, 1.807) is 30.0 Å². The molecule has 1 aliphatic rings. The molecule has 1 aromatic carbocycles. The number of amides is 1. The summed E-state index contributed by atoms with van der Waals surface area (Å²) in [4.78, 5) is 14.8. The highest BCUT2D eigenvalue weighted by Crippen LogP contribution is 2.27. The van der Waals surface area contributed by atoms with Crippen molar-refractivity contribution in [2.24, 2.45) is 0 Å². The molecule has 0 aliphatic carbocycles. The number of ether oxygens (including phenoxy) is 1. The van der Waals surface area contributed by atoms with Crippen LogP contribution in [-0.4, -0.2) is 42.9 Å². The Bertz CT molecular complexity index is 991. The van der Waals surface area contributed by atoms with Gasteiger partial charge in [0.1, 0.15) is 17.3 Å². The maximum Gasteiger partial charge on any atom is 0.264 e. The van der Waals surface area contributed by atoms with E-state index in [2.05, 4.69) is 0 Å². The number of sulfone groups is 1. The first kappa shape index (κ1) is 21.7. The molecule has 0 N–H and O–H groups in total. The molecule has 2 heterocycles.